The first kappa shape index (κ1) is 25.0. The second-order valence-electron chi connectivity index (χ2n) is 7.72. The van der Waals surface area contributed by atoms with Crippen molar-refractivity contribution in [3.05, 3.63) is 73.3 Å². The fourth-order valence-corrected chi connectivity index (χ4v) is 3.08. The summed E-state index contributed by atoms with van der Waals surface area (Å²) in [6.45, 7) is 6.14. The lowest BCUT2D eigenvalue weighted by molar-refractivity contribution is -0.402. The first-order chi connectivity index (χ1) is 16.6. The van der Waals surface area contributed by atoms with E-state index in [0.717, 1.165) is 10.6 Å². The number of furan rings is 1. The van der Waals surface area contributed by atoms with Crippen LogP contribution in [0.1, 0.15) is 30.9 Å². The molecular weight excluding hydrogens is 462 g/mol. The van der Waals surface area contributed by atoms with Crippen LogP contribution in [0.25, 0.3) is 11.0 Å². The molecule has 35 heavy (non-hydrogen) atoms. The molecule has 1 aliphatic heterocycles. The van der Waals surface area contributed by atoms with Gasteiger partial charge in [0.05, 0.1) is 18.8 Å². The van der Waals surface area contributed by atoms with E-state index in [1.807, 2.05) is 19.9 Å². The van der Waals surface area contributed by atoms with Crippen molar-refractivity contribution < 1.29 is 33.5 Å². The van der Waals surface area contributed by atoms with E-state index in [4.69, 9.17) is 8.83 Å². The van der Waals surface area contributed by atoms with E-state index in [0.29, 0.717) is 24.3 Å². The number of aryl methyl sites for hydroxylation is 1. The highest BCUT2D eigenvalue weighted by Crippen LogP contribution is 2.34. The van der Waals surface area contributed by atoms with Gasteiger partial charge in [0.25, 0.3) is 0 Å². The average molecular weight is 485 g/mol. The first-order valence-electron chi connectivity index (χ1n) is 10.4. The molecule has 0 saturated carbocycles. The minimum absolute atomic E-state index is 0.0729. The summed E-state index contributed by atoms with van der Waals surface area (Å²) in [5.74, 6) is -0.0114. The van der Waals surface area contributed by atoms with Crippen LogP contribution in [-0.4, -0.2) is 45.6 Å². The van der Waals surface area contributed by atoms with Crippen LogP contribution in [0.3, 0.4) is 0 Å². The van der Waals surface area contributed by atoms with Crippen LogP contribution in [0.2, 0.25) is 0 Å². The summed E-state index contributed by atoms with van der Waals surface area (Å²) in [6, 6.07) is 5.30. The standard InChI is InChI=1S/C15H16O4.C8H7N3O5/c1-8(2)4-5-10-11(16)7-13-14(15(10)18)12(17)6-9(3)19-13;12-8-10(3-4-15-8)9-5-6-1-2-7(16-6)11(13)14/h4,6-7,16,18H,5H2,1-3H3;1-2,5H,3-4H2. The number of allylic oxidation sites excluding steroid dienone is 2. The summed E-state index contributed by atoms with van der Waals surface area (Å²) in [7, 11) is 0. The SMILES string of the molecule is CC(C)=CCc1c(O)cc2oc(C)cc(=O)c2c1O.O=C1OCCN1N=Cc1ccc([N+](=O)[O-])o1. The molecule has 4 rings (SSSR count). The predicted molar refractivity (Wildman–Crippen MR) is 125 cm³/mol. The second-order valence-corrected chi connectivity index (χ2v) is 7.72. The molecule has 0 aliphatic carbocycles. The van der Waals surface area contributed by atoms with Crippen molar-refractivity contribution in [2.75, 3.05) is 13.2 Å². The van der Waals surface area contributed by atoms with Gasteiger partial charge in [-0.1, -0.05) is 11.6 Å². The molecule has 1 aliphatic rings. The molecule has 0 bridgehead atoms. The molecule has 2 aromatic heterocycles. The molecule has 184 valence electrons. The van der Waals surface area contributed by atoms with Gasteiger partial charge in [0.15, 0.2) is 11.2 Å². The average Bonchev–Trinajstić information content (AvgIpc) is 3.40. The monoisotopic (exact) mass is 485 g/mol. The van der Waals surface area contributed by atoms with Gasteiger partial charge in [-0.25, -0.2) is 4.79 Å². The molecule has 2 N–H and O–H groups in total. The summed E-state index contributed by atoms with van der Waals surface area (Å²) in [4.78, 5) is 32.5. The molecule has 12 nitrogen and oxygen atoms in total. The van der Waals surface area contributed by atoms with Gasteiger partial charge in [-0.2, -0.15) is 10.1 Å². The van der Waals surface area contributed by atoms with Gasteiger partial charge >= 0.3 is 12.0 Å². The number of rotatable bonds is 5. The molecular formula is C23H23N3O9. The number of phenolic OH excluding ortho intramolecular Hbond substituents is 2. The summed E-state index contributed by atoms with van der Waals surface area (Å²) < 4.78 is 14.8. The zero-order chi connectivity index (χ0) is 25.7. The molecule has 0 radical (unpaired) electrons. The Morgan fingerprint density at radius 2 is 1.97 bits per heavy atom. The molecule has 3 aromatic rings. The molecule has 12 heteroatoms. The van der Waals surface area contributed by atoms with Crippen molar-refractivity contribution >= 4 is 29.2 Å². The highest BCUT2D eigenvalue weighted by atomic mass is 16.6. The predicted octanol–water partition coefficient (Wildman–Crippen LogP) is 4.00. The largest absolute Gasteiger partial charge is 0.507 e. The zero-order valence-electron chi connectivity index (χ0n) is 19.2. The number of ether oxygens (including phenoxy) is 1. The van der Waals surface area contributed by atoms with E-state index < -0.39 is 11.0 Å². The summed E-state index contributed by atoms with van der Waals surface area (Å²) in [5, 5.41) is 35.4. The van der Waals surface area contributed by atoms with Crippen molar-refractivity contribution in [1.29, 1.82) is 0 Å². The van der Waals surface area contributed by atoms with Crippen LogP contribution < -0.4 is 5.43 Å². The maximum atomic E-state index is 11.9. The van der Waals surface area contributed by atoms with Gasteiger partial charge in [-0.05, 0) is 33.3 Å². The van der Waals surface area contributed by atoms with Crippen molar-refractivity contribution in [2.24, 2.45) is 5.10 Å². The molecule has 1 amide bonds. The third-order valence-electron chi connectivity index (χ3n) is 4.77. The normalized spacial score (nSPS) is 13.0. The van der Waals surface area contributed by atoms with Crippen LogP contribution in [-0.2, 0) is 11.2 Å². The highest BCUT2D eigenvalue weighted by Gasteiger charge is 2.21. The highest BCUT2D eigenvalue weighted by molar-refractivity contribution is 5.86. The van der Waals surface area contributed by atoms with Gasteiger partial charge < -0.3 is 23.8 Å². The third-order valence-corrected chi connectivity index (χ3v) is 4.77. The smallest absolute Gasteiger partial charge is 0.433 e. The number of phenols is 2. The number of carbonyl (C=O) groups excluding carboxylic acids is 1. The number of benzene rings is 1. The van der Waals surface area contributed by atoms with Gasteiger partial charge in [-0.15, -0.1) is 0 Å². The van der Waals surface area contributed by atoms with E-state index in [1.165, 1.54) is 30.5 Å². The van der Waals surface area contributed by atoms with Crippen LogP contribution in [0.5, 0.6) is 11.5 Å². The topological polar surface area (TPSA) is 169 Å². The lowest BCUT2D eigenvalue weighted by Gasteiger charge is -2.08. The van der Waals surface area contributed by atoms with E-state index in [2.05, 4.69) is 9.84 Å². The molecule has 0 spiro atoms. The Hall–Kier alpha value is -4.61. The molecule has 1 aromatic carbocycles. The number of cyclic esters (lactones) is 1. The Morgan fingerprint density at radius 1 is 1.23 bits per heavy atom. The van der Waals surface area contributed by atoms with Crippen LogP contribution >= 0.6 is 0 Å². The molecule has 3 heterocycles. The summed E-state index contributed by atoms with van der Waals surface area (Å²) in [5.41, 5.74) is 1.29. The number of carbonyl (C=O) groups is 1. The zero-order valence-corrected chi connectivity index (χ0v) is 19.2. The minimum Gasteiger partial charge on any atom is -0.507 e. The Morgan fingerprint density at radius 3 is 2.57 bits per heavy atom. The Bertz CT molecular complexity index is 1380. The van der Waals surface area contributed by atoms with Crippen molar-refractivity contribution in [3.63, 3.8) is 0 Å². The molecule has 1 saturated heterocycles. The Labute approximate surface area is 198 Å². The number of hydrogen-bond acceptors (Lipinski definition) is 10. The van der Waals surface area contributed by atoms with Crippen LogP contribution in [0, 0.1) is 17.0 Å². The van der Waals surface area contributed by atoms with Gasteiger partial charge in [0.2, 0.25) is 0 Å². The molecule has 0 atom stereocenters. The minimum atomic E-state index is -0.651. The number of aromatic hydroxyl groups is 2. The van der Waals surface area contributed by atoms with Crippen molar-refractivity contribution in [3.8, 4) is 11.5 Å². The molecule has 0 unspecified atom stereocenters. The third kappa shape index (κ3) is 6.05. The molecule has 1 fully saturated rings. The van der Waals surface area contributed by atoms with E-state index >= 15 is 0 Å². The van der Waals surface area contributed by atoms with Gasteiger partial charge in [-0.3, -0.25) is 14.9 Å². The van der Waals surface area contributed by atoms with Crippen LogP contribution in [0.15, 0.2) is 54.6 Å². The lowest BCUT2D eigenvalue weighted by Crippen LogP contribution is -2.17. The van der Waals surface area contributed by atoms with E-state index in [9.17, 15) is 29.9 Å². The van der Waals surface area contributed by atoms with E-state index in [-0.39, 0.29) is 46.1 Å². The number of hydrogen-bond donors (Lipinski definition) is 2. The maximum Gasteiger partial charge on any atom is 0.433 e. The number of hydrazone groups is 1. The number of fused-ring (bicyclic) bond motifs is 1. The fraction of sp³-hybridized carbons (Fsp3) is 0.261. The quantitative estimate of drug-likeness (QED) is 0.235. The van der Waals surface area contributed by atoms with Gasteiger partial charge in [0, 0.05) is 17.7 Å². The van der Waals surface area contributed by atoms with E-state index in [1.54, 1.807) is 6.92 Å². The number of nitro groups is 1. The number of amides is 1. The maximum absolute atomic E-state index is 11.9. The lowest BCUT2D eigenvalue weighted by atomic mass is 10.0. The van der Waals surface area contributed by atoms with Crippen LogP contribution in [0.4, 0.5) is 10.7 Å². The number of nitrogens with zero attached hydrogens (tertiary/aromatic N) is 3. The second kappa shape index (κ2) is 10.5. The Balaban J connectivity index is 0.000000198. The fourth-order valence-electron chi connectivity index (χ4n) is 3.08. The van der Waals surface area contributed by atoms with Crippen molar-refractivity contribution in [2.45, 2.75) is 27.2 Å². The first-order valence-corrected chi connectivity index (χ1v) is 10.4. The summed E-state index contributed by atoms with van der Waals surface area (Å²) >= 11 is 0. The van der Waals surface area contributed by atoms with Gasteiger partial charge in [0.1, 0.15) is 39.8 Å². The Kier molecular flexibility index (Phi) is 7.54. The van der Waals surface area contributed by atoms with Crippen molar-refractivity contribution in [1.82, 2.24) is 5.01 Å². The summed E-state index contributed by atoms with van der Waals surface area (Å²) in [6.07, 6.45) is 2.91.